The van der Waals surface area contributed by atoms with E-state index in [1.807, 2.05) is 12.1 Å². The number of ether oxygens (including phenoxy) is 1. The topological polar surface area (TPSA) is 24.5 Å². The molecule has 118 valence electrons. The van der Waals surface area contributed by atoms with Gasteiger partial charge >= 0.3 is 0 Å². The van der Waals surface area contributed by atoms with Gasteiger partial charge in [-0.2, -0.15) is 0 Å². The van der Waals surface area contributed by atoms with Crippen LogP contribution in [-0.4, -0.2) is 37.2 Å². The van der Waals surface area contributed by atoms with Crippen LogP contribution in [0.3, 0.4) is 0 Å². The van der Waals surface area contributed by atoms with Gasteiger partial charge < -0.3 is 10.1 Å². The Labute approximate surface area is 127 Å². The van der Waals surface area contributed by atoms with Crippen LogP contribution in [0.15, 0.2) is 18.2 Å². The van der Waals surface area contributed by atoms with Crippen molar-refractivity contribution in [2.24, 2.45) is 5.92 Å². The number of methoxy groups -OCH3 is 1. The van der Waals surface area contributed by atoms with Crippen molar-refractivity contribution in [3.8, 4) is 5.75 Å². The molecule has 0 radical (unpaired) electrons. The Bertz CT molecular complexity index is 464. The highest BCUT2D eigenvalue weighted by atomic mass is 19.1. The first-order chi connectivity index (χ1) is 10.0. The van der Waals surface area contributed by atoms with Gasteiger partial charge in [-0.15, -0.1) is 0 Å². The highest BCUT2D eigenvalue weighted by molar-refractivity contribution is 5.29. The van der Waals surface area contributed by atoms with E-state index in [1.165, 1.54) is 6.07 Å². The fourth-order valence-electron chi connectivity index (χ4n) is 3.01. The molecule has 4 heteroatoms. The third-order valence-electron chi connectivity index (χ3n) is 4.44. The maximum atomic E-state index is 14.2. The monoisotopic (exact) mass is 294 g/mol. The first-order valence-electron chi connectivity index (χ1n) is 7.85. The second-order valence-electron chi connectivity index (χ2n) is 6.21. The first kappa shape index (κ1) is 16.2. The highest BCUT2D eigenvalue weighted by Gasteiger charge is 2.29. The quantitative estimate of drug-likeness (QED) is 0.903. The molecule has 3 nitrogen and oxygen atoms in total. The Morgan fingerprint density at radius 2 is 2.19 bits per heavy atom. The lowest BCUT2D eigenvalue weighted by molar-refractivity contribution is 0.0889. The van der Waals surface area contributed by atoms with Crippen molar-refractivity contribution in [1.82, 2.24) is 10.2 Å². The van der Waals surface area contributed by atoms with Gasteiger partial charge in [0, 0.05) is 43.3 Å². The maximum Gasteiger partial charge on any atom is 0.131 e. The second-order valence-corrected chi connectivity index (χ2v) is 6.21. The molecule has 2 atom stereocenters. The highest BCUT2D eigenvalue weighted by Crippen LogP contribution is 2.22. The SMILES string of the molecule is CCC1CN(Cc2ccc(OC)cc2F)C(C(C)C)CN1. The van der Waals surface area contributed by atoms with E-state index in [2.05, 4.69) is 31.0 Å². The zero-order valence-electron chi connectivity index (χ0n) is 13.5. The molecule has 1 aliphatic rings. The lowest BCUT2D eigenvalue weighted by atomic mass is 9.97. The summed E-state index contributed by atoms with van der Waals surface area (Å²) in [4.78, 5) is 2.42. The molecule has 0 aliphatic carbocycles. The van der Waals surface area contributed by atoms with Crippen LogP contribution in [0.1, 0.15) is 32.8 Å². The minimum Gasteiger partial charge on any atom is -0.497 e. The van der Waals surface area contributed by atoms with E-state index in [0.717, 1.165) is 25.1 Å². The minimum absolute atomic E-state index is 0.177. The van der Waals surface area contributed by atoms with Crippen LogP contribution in [0.4, 0.5) is 4.39 Å². The average molecular weight is 294 g/mol. The molecule has 0 bridgehead atoms. The van der Waals surface area contributed by atoms with E-state index in [9.17, 15) is 4.39 Å². The predicted octanol–water partition coefficient (Wildman–Crippen LogP) is 3.04. The minimum atomic E-state index is -0.177. The van der Waals surface area contributed by atoms with Crippen LogP contribution in [0.2, 0.25) is 0 Å². The van der Waals surface area contributed by atoms with Gasteiger partial charge in [-0.05, 0) is 18.4 Å². The molecule has 0 amide bonds. The molecular formula is C17H27FN2O. The van der Waals surface area contributed by atoms with Crippen LogP contribution in [0, 0.1) is 11.7 Å². The van der Waals surface area contributed by atoms with Gasteiger partial charge in [0.15, 0.2) is 0 Å². The lowest BCUT2D eigenvalue weighted by Crippen LogP contribution is -2.57. The predicted molar refractivity (Wildman–Crippen MR) is 84.1 cm³/mol. The first-order valence-corrected chi connectivity index (χ1v) is 7.85. The summed E-state index contributed by atoms with van der Waals surface area (Å²) in [6.07, 6.45) is 1.10. The van der Waals surface area contributed by atoms with Gasteiger partial charge in [-0.1, -0.05) is 26.8 Å². The van der Waals surface area contributed by atoms with Crippen molar-refractivity contribution in [1.29, 1.82) is 0 Å². The number of benzene rings is 1. The van der Waals surface area contributed by atoms with E-state index in [4.69, 9.17) is 4.74 Å². The van der Waals surface area contributed by atoms with Crippen LogP contribution >= 0.6 is 0 Å². The molecule has 1 heterocycles. The molecule has 21 heavy (non-hydrogen) atoms. The van der Waals surface area contributed by atoms with Crippen molar-refractivity contribution in [2.75, 3.05) is 20.2 Å². The summed E-state index contributed by atoms with van der Waals surface area (Å²) in [5.74, 6) is 0.948. The zero-order valence-corrected chi connectivity index (χ0v) is 13.5. The summed E-state index contributed by atoms with van der Waals surface area (Å²) in [5, 5.41) is 3.59. The molecule has 0 saturated carbocycles. The molecule has 2 unspecified atom stereocenters. The molecule has 0 spiro atoms. The maximum absolute atomic E-state index is 14.2. The Morgan fingerprint density at radius 3 is 2.76 bits per heavy atom. The number of hydrogen-bond donors (Lipinski definition) is 1. The average Bonchev–Trinajstić information content (AvgIpc) is 2.48. The Morgan fingerprint density at radius 1 is 1.43 bits per heavy atom. The fourth-order valence-corrected chi connectivity index (χ4v) is 3.01. The summed E-state index contributed by atoms with van der Waals surface area (Å²) in [6, 6.07) is 6.10. The van der Waals surface area contributed by atoms with E-state index in [0.29, 0.717) is 30.3 Å². The molecule has 1 aromatic carbocycles. The molecule has 1 aliphatic heterocycles. The fraction of sp³-hybridized carbons (Fsp3) is 0.647. The van der Waals surface area contributed by atoms with Crippen molar-refractivity contribution < 1.29 is 9.13 Å². The Balaban J connectivity index is 2.13. The van der Waals surface area contributed by atoms with Gasteiger partial charge in [0.25, 0.3) is 0 Å². The smallest absolute Gasteiger partial charge is 0.131 e. The van der Waals surface area contributed by atoms with Gasteiger partial charge in [0.2, 0.25) is 0 Å². The third kappa shape index (κ3) is 3.95. The number of piperazine rings is 1. The Hall–Kier alpha value is -1.13. The van der Waals surface area contributed by atoms with E-state index >= 15 is 0 Å². The largest absolute Gasteiger partial charge is 0.497 e. The standard InChI is InChI=1S/C17H27FN2O/c1-5-14-11-20(17(9-19-14)12(2)3)10-13-6-7-15(21-4)8-16(13)18/h6-8,12,14,17,19H,5,9-11H2,1-4H3. The Kier molecular flexibility index (Phi) is 5.59. The van der Waals surface area contributed by atoms with Crippen molar-refractivity contribution in [3.05, 3.63) is 29.6 Å². The number of nitrogens with one attached hydrogen (secondary N) is 1. The van der Waals surface area contributed by atoms with E-state index in [-0.39, 0.29) is 5.82 Å². The number of hydrogen-bond acceptors (Lipinski definition) is 3. The summed E-state index contributed by atoms with van der Waals surface area (Å²) in [7, 11) is 1.56. The molecule has 1 fully saturated rings. The molecule has 1 N–H and O–H groups in total. The van der Waals surface area contributed by atoms with Crippen molar-refractivity contribution in [3.63, 3.8) is 0 Å². The normalized spacial score (nSPS) is 23.5. The van der Waals surface area contributed by atoms with Gasteiger partial charge in [0.05, 0.1) is 7.11 Å². The molecule has 2 rings (SSSR count). The number of halogens is 1. The van der Waals surface area contributed by atoms with Crippen LogP contribution in [-0.2, 0) is 6.54 Å². The summed E-state index contributed by atoms with van der Waals surface area (Å²) >= 11 is 0. The lowest BCUT2D eigenvalue weighted by Gasteiger charge is -2.42. The van der Waals surface area contributed by atoms with Gasteiger partial charge in [-0.3, -0.25) is 4.90 Å². The van der Waals surface area contributed by atoms with Gasteiger partial charge in [0.1, 0.15) is 11.6 Å². The third-order valence-corrected chi connectivity index (χ3v) is 4.44. The van der Waals surface area contributed by atoms with Crippen LogP contribution < -0.4 is 10.1 Å². The van der Waals surface area contributed by atoms with E-state index < -0.39 is 0 Å². The molecular weight excluding hydrogens is 267 g/mol. The number of nitrogens with zero attached hydrogens (tertiary/aromatic N) is 1. The molecule has 1 saturated heterocycles. The van der Waals surface area contributed by atoms with Crippen LogP contribution in [0.25, 0.3) is 0 Å². The van der Waals surface area contributed by atoms with Crippen molar-refractivity contribution in [2.45, 2.75) is 45.8 Å². The number of rotatable bonds is 5. The summed E-state index contributed by atoms with van der Waals surface area (Å²) in [6.45, 7) is 9.28. The van der Waals surface area contributed by atoms with E-state index in [1.54, 1.807) is 7.11 Å². The summed E-state index contributed by atoms with van der Waals surface area (Å²) < 4.78 is 19.2. The second kappa shape index (κ2) is 7.23. The molecule has 1 aromatic rings. The van der Waals surface area contributed by atoms with Gasteiger partial charge in [-0.25, -0.2) is 4.39 Å². The van der Waals surface area contributed by atoms with Crippen molar-refractivity contribution >= 4 is 0 Å². The molecule has 0 aromatic heterocycles. The zero-order chi connectivity index (χ0) is 15.4. The van der Waals surface area contributed by atoms with Crippen LogP contribution in [0.5, 0.6) is 5.75 Å². The summed E-state index contributed by atoms with van der Waals surface area (Å²) in [5.41, 5.74) is 0.748.